The maximum atomic E-state index is 15.7. The zero-order valence-electron chi connectivity index (χ0n) is 18.7. The van der Waals surface area contributed by atoms with Crippen LogP contribution >= 0.6 is 0 Å². The van der Waals surface area contributed by atoms with E-state index in [1.165, 1.54) is 0 Å². The van der Waals surface area contributed by atoms with E-state index in [-0.39, 0.29) is 11.3 Å². The van der Waals surface area contributed by atoms with Crippen LogP contribution in [0.15, 0.2) is 59.4 Å². The van der Waals surface area contributed by atoms with Gasteiger partial charge in [-0.05, 0) is 52.7 Å². The molecule has 8 nitrogen and oxygen atoms in total. The van der Waals surface area contributed by atoms with Crippen molar-refractivity contribution in [3.63, 3.8) is 0 Å². The highest BCUT2D eigenvalue weighted by Gasteiger charge is 2.58. The molecule has 0 aliphatic heterocycles. The smallest absolute Gasteiger partial charge is 0.421 e. The van der Waals surface area contributed by atoms with E-state index in [1.54, 1.807) is 0 Å². The summed E-state index contributed by atoms with van der Waals surface area (Å²) in [7, 11) is 0. The quantitative estimate of drug-likeness (QED) is 0.284. The van der Waals surface area contributed by atoms with Crippen LogP contribution < -0.4 is 0 Å². The number of hydrogen-bond donors (Lipinski definition) is 2. The second kappa shape index (κ2) is 9.88. The SMILES string of the molecule is OC(c1ccc(C#Cc2ccc(C(F)(F)C(O)(Cn3cnnn3)c3ccc(F)cc3F)nc2)o1)C(F)(F)F. The molecule has 2 N–H and O–H groups in total. The van der Waals surface area contributed by atoms with Crippen molar-refractivity contribution in [2.24, 2.45) is 0 Å². The van der Waals surface area contributed by atoms with Crippen LogP contribution in [0.5, 0.6) is 0 Å². The minimum absolute atomic E-state index is 0.0239. The Labute approximate surface area is 208 Å². The number of pyridine rings is 1. The van der Waals surface area contributed by atoms with E-state index in [9.17, 15) is 32.2 Å². The van der Waals surface area contributed by atoms with Crippen LogP contribution in [0, 0.1) is 23.5 Å². The monoisotopic (exact) mass is 541 g/mol. The lowest BCUT2D eigenvalue weighted by Crippen LogP contribution is -2.48. The van der Waals surface area contributed by atoms with Gasteiger partial charge in [-0.2, -0.15) is 22.0 Å². The molecule has 38 heavy (non-hydrogen) atoms. The Balaban J connectivity index is 1.64. The van der Waals surface area contributed by atoms with Gasteiger partial charge in [-0.25, -0.2) is 13.5 Å². The van der Waals surface area contributed by atoms with E-state index >= 15 is 8.78 Å². The number of benzene rings is 1. The third-order valence-corrected chi connectivity index (χ3v) is 5.30. The van der Waals surface area contributed by atoms with Crippen molar-refractivity contribution in [3.05, 3.63) is 95.0 Å². The normalized spacial score (nSPS) is 14.4. The predicted octanol–water partition coefficient (Wildman–Crippen LogP) is 3.61. The zero-order valence-corrected chi connectivity index (χ0v) is 18.7. The molecule has 1 aromatic carbocycles. The van der Waals surface area contributed by atoms with E-state index in [0.717, 1.165) is 41.5 Å². The van der Waals surface area contributed by atoms with Crippen molar-refractivity contribution in [2.45, 2.75) is 30.3 Å². The third-order valence-electron chi connectivity index (χ3n) is 5.30. The average Bonchev–Trinajstić information content (AvgIpc) is 3.54. The molecule has 0 saturated heterocycles. The highest BCUT2D eigenvalue weighted by atomic mass is 19.4. The average molecular weight is 541 g/mol. The maximum absolute atomic E-state index is 15.7. The first-order valence-electron chi connectivity index (χ1n) is 10.4. The van der Waals surface area contributed by atoms with E-state index in [2.05, 4.69) is 32.4 Å². The number of aliphatic hydroxyl groups excluding tert-OH is 1. The summed E-state index contributed by atoms with van der Waals surface area (Å²) in [4.78, 5) is 3.61. The number of aliphatic hydroxyl groups is 2. The lowest BCUT2D eigenvalue weighted by atomic mass is 9.84. The van der Waals surface area contributed by atoms with Gasteiger partial charge >= 0.3 is 12.1 Å². The van der Waals surface area contributed by atoms with E-state index in [0.29, 0.717) is 18.2 Å². The molecule has 0 aliphatic carbocycles. The standard InChI is InChI=1S/C23H14F7N5O3/c24-14-3-6-16(17(25)9-14)21(37,11-35-12-32-33-34-35)22(26,27)19-8-2-13(10-31-19)1-4-15-5-7-18(38-15)20(36)23(28,29)30/h2-3,5-10,12,20,36-37H,11H2. The Hall–Kier alpha value is -4.29. The van der Waals surface area contributed by atoms with Gasteiger partial charge in [0.1, 0.15) is 29.4 Å². The summed E-state index contributed by atoms with van der Waals surface area (Å²) in [5.41, 5.74) is -5.27. The lowest BCUT2D eigenvalue weighted by molar-refractivity contribution is -0.211. The van der Waals surface area contributed by atoms with Crippen LogP contribution in [0.1, 0.15) is 34.4 Å². The van der Waals surface area contributed by atoms with Crippen molar-refractivity contribution >= 4 is 0 Å². The number of aromatic nitrogens is 5. The first-order chi connectivity index (χ1) is 17.8. The summed E-state index contributed by atoms with van der Waals surface area (Å²) in [6, 6.07) is 5.49. The van der Waals surface area contributed by atoms with Gasteiger partial charge < -0.3 is 14.6 Å². The highest BCUT2D eigenvalue weighted by Crippen LogP contribution is 2.46. The van der Waals surface area contributed by atoms with Crippen LogP contribution in [-0.2, 0) is 18.1 Å². The van der Waals surface area contributed by atoms with Crippen LogP contribution in [0.4, 0.5) is 30.7 Å². The van der Waals surface area contributed by atoms with Crippen LogP contribution in [0.2, 0.25) is 0 Å². The molecule has 3 aromatic heterocycles. The Morgan fingerprint density at radius 1 is 1.00 bits per heavy atom. The first kappa shape index (κ1) is 26.8. The van der Waals surface area contributed by atoms with Gasteiger partial charge in [0, 0.05) is 23.4 Å². The van der Waals surface area contributed by atoms with Crippen LogP contribution in [-0.4, -0.2) is 41.6 Å². The maximum Gasteiger partial charge on any atom is 0.421 e. The summed E-state index contributed by atoms with van der Waals surface area (Å²) in [5.74, 6) is -3.02. The van der Waals surface area contributed by atoms with Crippen molar-refractivity contribution < 1.29 is 45.4 Å². The van der Waals surface area contributed by atoms with Crippen molar-refractivity contribution in [3.8, 4) is 11.8 Å². The molecule has 2 unspecified atom stereocenters. The summed E-state index contributed by atoms with van der Waals surface area (Å²) >= 11 is 0. The van der Waals surface area contributed by atoms with Gasteiger partial charge in [-0.3, -0.25) is 4.98 Å². The summed E-state index contributed by atoms with van der Waals surface area (Å²) in [5, 5.41) is 30.3. The molecule has 4 rings (SSSR count). The van der Waals surface area contributed by atoms with Crippen LogP contribution in [0.25, 0.3) is 0 Å². The second-order valence-electron chi connectivity index (χ2n) is 7.89. The second-order valence-corrected chi connectivity index (χ2v) is 7.89. The molecule has 0 spiro atoms. The molecule has 15 heteroatoms. The topological polar surface area (TPSA) is 110 Å². The number of tetrazole rings is 1. The minimum Gasteiger partial charge on any atom is -0.450 e. The highest BCUT2D eigenvalue weighted by molar-refractivity contribution is 5.40. The largest absolute Gasteiger partial charge is 0.450 e. The fourth-order valence-electron chi connectivity index (χ4n) is 3.39. The molecule has 0 fully saturated rings. The summed E-state index contributed by atoms with van der Waals surface area (Å²) < 4.78 is 103. The van der Waals surface area contributed by atoms with Crippen molar-refractivity contribution in [1.29, 1.82) is 0 Å². The van der Waals surface area contributed by atoms with E-state index < -0.39 is 59.0 Å². The molecule has 198 valence electrons. The fourth-order valence-corrected chi connectivity index (χ4v) is 3.39. The third kappa shape index (κ3) is 5.22. The lowest BCUT2D eigenvalue weighted by Gasteiger charge is -2.35. The number of hydrogen-bond acceptors (Lipinski definition) is 7. The van der Waals surface area contributed by atoms with E-state index in [4.69, 9.17) is 4.42 Å². The summed E-state index contributed by atoms with van der Waals surface area (Å²) in [6.45, 7) is -1.04. The van der Waals surface area contributed by atoms with Gasteiger partial charge in [0.2, 0.25) is 6.10 Å². The predicted molar refractivity (Wildman–Crippen MR) is 112 cm³/mol. The number of alkyl halides is 5. The molecule has 0 bridgehead atoms. The Morgan fingerprint density at radius 3 is 2.37 bits per heavy atom. The van der Waals surface area contributed by atoms with Crippen molar-refractivity contribution in [2.75, 3.05) is 0 Å². The van der Waals surface area contributed by atoms with Gasteiger partial charge in [0.25, 0.3) is 0 Å². The number of furan rings is 1. The molecule has 3 heterocycles. The molecule has 0 saturated carbocycles. The molecular weight excluding hydrogens is 527 g/mol. The Morgan fingerprint density at radius 2 is 1.76 bits per heavy atom. The van der Waals surface area contributed by atoms with E-state index in [1.807, 2.05) is 0 Å². The zero-order chi connectivity index (χ0) is 27.7. The molecule has 2 atom stereocenters. The number of rotatable bonds is 6. The molecule has 0 aliphatic rings. The Bertz CT molecular complexity index is 1480. The van der Waals surface area contributed by atoms with Gasteiger partial charge in [-0.1, -0.05) is 5.92 Å². The van der Waals surface area contributed by atoms with Crippen LogP contribution in [0.3, 0.4) is 0 Å². The van der Waals surface area contributed by atoms with Gasteiger partial charge in [0.15, 0.2) is 11.4 Å². The summed E-state index contributed by atoms with van der Waals surface area (Å²) in [6.07, 6.45) is -6.01. The minimum atomic E-state index is -4.95. The molecule has 0 amide bonds. The molecular formula is C23H14F7N5O3. The van der Waals surface area contributed by atoms with Gasteiger partial charge in [0.05, 0.1) is 6.54 Å². The van der Waals surface area contributed by atoms with Crippen molar-refractivity contribution in [1.82, 2.24) is 25.2 Å². The molecule has 0 radical (unpaired) electrons. The molecule has 4 aromatic rings. The number of nitrogens with zero attached hydrogens (tertiary/aromatic N) is 5. The first-order valence-corrected chi connectivity index (χ1v) is 10.4. The number of halogens is 7. The Kier molecular flexibility index (Phi) is 6.96. The fraction of sp³-hybridized carbons (Fsp3) is 0.217. The van der Waals surface area contributed by atoms with Gasteiger partial charge in [-0.15, -0.1) is 5.10 Å².